The first-order valence-corrected chi connectivity index (χ1v) is 9.27. The van der Waals surface area contributed by atoms with Gasteiger partial charge in [0.2, 0.25) is 0 Å². The van der Waals surface area contributed by atoms with Gasteiger partial charge in [0.15, 0.2) is 0 Å². The molecule has 0 saturated carbocycles. The van der Waals surface area contributed by atoms with E-state index in [-0.39, 0.29) is 18.5 Å². The zero-order valence-electron chi connectivity index (χ0n) is 15.6. The normalized spacial score (nSPS) is 14.6. The summed E-state index contributed by atoms with van der Waals surface area (Å²) in [7, 11) is 1.41. The average Bonchev–Trinajstić information content (AvgIpc) is 2.73. The maximum absolute atomic E-state index is 12.3. The molecular formula is C22H25NO4. The third-order valence-electron chi connectivity index (χ3n) is 5.02. The van der Waals surface area contributed by atoms with Gasteiger partial charge in [0.1, 0.15) is 6.61 Å². The molecule has 0 radical (unpaired) electrons. The number of amides is 1. The van der Waals surface area contributed by atoms with Crippen molar-refractivity contribution in [3.8, 4) is 0 Å². The Morgan fingerprint density at radius 3 is 2.37 bits per heavy atom. The number of benzene rings is 2. The molecule has 2 aromatic carbocycles. The molecule has 1 aliphatic heterocycles. The fourth-order valence-corrected chi connectivity index (χ4v) is 3.50. The summed E-state index contributed by atoms with van der Waals surface area (Å²) in [6, 6.07) is 17.7. The summed E-state index contributed by atoms with van der Waals surface area (Å²) in [6.45, 7) is 1.61. The van der Waals surface area contributed by atoms with Crippen LogP contribution in [0.4, 0.5) is 4.79 Å². The lowest BCUT2D eigenvalue weighted by Crippen LogP contribution is -2.38. The molecule has 0 atom stereocenters. The van der Waals surface area contributed by atoms with Crippen molar-refractivity contribution in [2.45, 2.75) is 31.8 Å². The second kappa shape index (κ2) is 9.21. The first-order valence-electron chi connectivity index (χ1n) is 9.27. The van der Waals surface area contributed by atoms with Crippen LogP contribution in [0.15, 0.2) is 54.6 Å². The molecule has 0 N–H and O–H groups in total. The van der Waals surface area contributed by atoms with Crippen LogP contribution < -0.4 is 0 Å². The Morgan fingerprint density at radius 2 is 1.67 bits per heavy atom. The molecule has 1 saturated heterocycles. The lowest BCUT2D eigenvalue weighted by Gasteiger charge is -2.32. The Morgan fingerprint density at radius 1 is 1.00 bits per heavy atom. The van der Waals surface area contributed by atoms with E-state index in [0.717, 1.165) is 24.0 Å². The van der Waals surface area contributed by atoms with Crippen LogP contribution >= 0.6 is 0 Å². The van der Waals surface area contributed by atoms with Crippen molar-refractivity contribution in [3.63, 3.8) is 0 Å². The quantitative estimate of drug-likeness (QED) is 0.752. The van der Waals surface area contributed by atoms with E-state index in [2.05, 4.69) is 6.07 Å². The number of likely N-dealkylation sites (tertiary alicyclic amines) is 1. The van der Waals surface area contributed by atoms with Gasteiger partial charge in [0.05, 0.1) is 13.5 Å². The van der Waals surface area contributed by atoms with Crippen molar-refractivity contribution in [2.24, 2.45) is 0 Å². The molecule has 2 aromatic rings. The summed E-state index contributed by atoms with van der Waals surface area (Å²) in [5, 5.41) is 0. The number of hydrogen-bond donors (Lipinski definition) is 0. The molecule has 0 bridgehead atoms. The summed E-state index contributed by atoms with van der Waals surface area (Å²) in [6.07, 6.45) is 1.74. The molecule has 1 aliphatic rings. The van der Waals surface area contributed by atoms with Crippen molar-refractivity contribution in [3.05, 3.63) is 71.3 Å². The molecule has 1 heterocycles. The van der Waals surface area contributed by atoms with Crippen LogP contribution in [-0.2, 0) is 27.3 Å². The number of hydrogen-bond acceptors (Lipinski definition) is 4. The van der Waals surface area contributed by atoms with Gasteiger partial charge < -0.3 is 14.4 Å². The van der Waals surface area contributed by atoms with Gasteiger partial charge in [-0.2, -0.15) is 0 Å². The number of carbonyl (C=O) groups excluding carboxylic acids is 2. The third-order valence-corrected chi connectivity index (χ3v) is 5.02. The summed E-state index contributed by atoms with van der Waals surface area (Å²) in [5.41, 5.74) is 3.17. The third kappa shape index (κ3) is 5.09. The molecule has 0 spiro atoms. The van der Waals surface area contributed by atoms with Crippen molar-refractivity contribution in [1.82, 2.24) is 4.90 Å². The predicted molar refractivity (Wildman–Crippen MR) is 102 cm³/mol. The number of methoxy groups -OCH3 is 1. The first kappa shape index (κ1) is 19.0. The minimum Gasteiger partial charge on any atom is -0.469 e. The fraction of sp³-hybridized carbons (Fsp3) is 0.364. The highest BCUT2D eigenvalue weighted by atomic mass is 16.6. The molecule has 0 aromatic heterocycles. The lowest BCUT2D eigenvalue weighted by atomic mass is 9.86. The second-order valence-electron chi connectivity index (χ2n) is 6.75. The number of rotatable bonds is 5. The van der Waals surface area contributed by atoms with Crippen LogP contribution in [0.3, 0.4) is 0 Å². The topological polar surface area (TPSA) is 55.8 Å². The first-order chi connectivity index (χ1) is 13.2. The van der Waals surface area contributed by atoms with E-state index < -0.39 is 0 Å². The molecule has 142 valence electrons. The van der Waals surface area contributed by atoms with Gasteiger partial charge in [0, 0.05) is 13.1 Å². The van der Waals surface area contributed by atoms with Crippen LogP contribution in [0.2, 0.25) is 0 Å². The molecule has 5 nitrogen and oxygen atoms in total. The van der Waals surface area contributed by atoms with E-state index in [0.29, 0.717) is 25.6 Å². The summed E-state index contributed by atoms with van der Waals surface area (Å²) < 4.78 is 10.2. The minimum absolute atomic E-state index is 0.232. The summed E-state index contributed by atoms with van der Waals surface area (Å²) in [4.78, 5) is 25.7. The number of nitrogens with zero attached hydrogens (tertiary/aromatic N) is 1. The monoisotopic (exact) mass is 367 g/mol. The summed E-state index contributed by atoms with van der Waals surface area (Å²) >= 11 is 0. The number of ether oxygens (including phenoxy) is 2. The van der Waals surface area contributed by atoms with Gasteiger partial charge in [-0.15, -0.1) is 0 Å². The Kier molecular flexibility index (Phi) is 6.47. The standard InChI is InChI=1S/C22H25NO4/c1-26-21(24)15-19-9-5-6-10-20(19)18-11-13-23(14-12-18)22(25)27-16-17-7-3-2-4-8-17/h2-10,18H,11-16H2,1H3. The van der Waals surface area contributed by atoms with E-state index in [1.807, 2.05) is 48.5 Å². The molecule has 3 rings (SSSR count). The Hall–Kier alpha value is -2.82. The van der Waals surface area contributed by atoms with Crippen molar-refractivity contribution in [2.75, 3.05) is 20.2 Å². The molecule has 5 heteroatoms. The predicted octanol–water partition coefficient (Wildman–Crippen LogP) is 3.92. The van der Waals surface area contributed by atoms with Crippen LogP contribution in [0.25, 0.3) is 0 Å². The number of piperidine rings is 1. The zero-order chi connectivity index (χ0) is 19.1. The maximum atomic E-state index is 12.3. The van der Waals surface area contributed by atoms with Crippen LogP contribution in [0, 0.1) is 0 Å². The number of carbonyl (C=O) groups is 2. The van der Waals surface area contributed by atoms with E-state index in [1.165, 1.54) is 12.7 Å². The zero-order valence-corrected chi connectivity index (χ0v) is 15.6. The fourth-order valence-electron chi connectivity index (χ4n) is 3.50. The van der Waals surface area contributed by atoms with Crippen LogP contribution in [-0.4, -0.2) is 37.2 Å². The second-order valence-corrected chi connectivity index (χ2v) is 6.75. The number of esters is 1. The molecule has 1 amide bonds. The highest BCUT2D eigenvalue weighted by molar-refractivity contribution is 5.73. The van der Waals surface area contributed by atoms with E-state index in [1.54, 1.807) is 4.90 Å². The molecule has 0 aliphatic carbocycles. The lowest BCUT2D eigenvalue weighted by molar-refractivity contribution is -0.139. The summed E-state index contributed by atoms with van der Waals surface area (Å²) in [5.74, 6) is 0.105. The minimum atomic E-state index is -0.264. The van der Waals surface area contributed by atoms with Crippen LogP contribution in [0.1, 0.15) is 35.4 Å². The van der Waals surface area contributed by atoms with E-state index >= 15 is 0 Å². The average molecular weight is 367 g/mol. The van der Waals surface area contributed by atoms with Gasteiger partial charge in [0.25, 0.3) is 0 Å². The van der Waals surface area contributed by atoms with Crippen molar-refractivity contribution >= 4 is 12.1 Å². The van der Waals surface area contributed by atoms with E-state index in [4.69, 9.17) is 9.47 Å². The molecule has 27 heavy (non-hydrogen) atoms. The van der Waals surface area contributed by atoms with Gasteiger partial charge in [-0.3, -0.25) is 4.79 Å². The highest BCUT2D eigenvalue weighted by Gasteiger charge is 2.26. The Balaban J connectivity index is 1.54. The maximum Gasteiger partial charge on any atom is 0.410 e. The van der Waals surface area contributed by atoms with Gasteiger partial charge in [-0.1, -0.05) is 54.6 Å². The molecular weight excluding hydrogens is 342 g/mol. The smallest absolute Gasteiger partial charge is 0.410 e. The molecule has 1 fully saturated rings. The van der Waals surface area contributed by atoms with E-state index in [9.17, 15) is 9.59 Å². The Labute approximate surface area is 159 Å². The van der Waals surface area contributed by atoms with Gasteiger partial charge in [-0.05, 0) is 35.4 Å². The van der Waals surface area contributed by atoms with Gasteiger partial charge in [-0.25, -0.2) is 4.79 Å². The van der Waals surface area contributed by atoms with Crippen molar-refractivity contribution < 1.29 is 19.1 Å². The largest absolute Gasteiger partial charge is 0.469 e. The SMILES string of the molecule is COC(=O)Cc1ccccc1C1CCN(C(=O)OCc2ccccc2)CC1. The Bertz CT molecular complexity index is 767. The van der Waals surface area contributed by atoms with Crippen LogP contribution in [0.5, 0.6) is 0 Å². The molecule has 0 unspecified atom stereocenters. The van der Waals surface area contributed by atoms with Gasteiger partial charge >= 0.3 is 12.1 Å². The van der Waals surface area contributed by atoms with Crippen molar-refractivity contribution in [1.29, 1.82) is 0 Å². The highest BCUT2D eigenvalue weighted by Crippen LogP contribution is 2.31.